The van der Waals surface area contributed by atoms with Crippen LogP contribution in [0.2, 0.25) is 0 Å². The average molecular weight is 489 g/mol. The number of aryl methyl sites for hydroxylation is 1. The van der Waals surface area contributed by atoms with Crippen molar-refractivity contribution < 1.29 is 22.7 Å². The monoisotopic (exact) mass is 488 g/mol. The van der Waals surface area contributed by atoms with Crippen LogP contribution in [0.5, 0.6) is 0 Å². The molecule has 0 aliphatic carbocycles. The second kappa shape index (κ2) is 10.8. The van der Waals surface area contributed by atoms with Crippen LogP contribution in [0.4, 0.5) is 5.69 Å². The number of carbonyl (C=O) groups is 1. The number of Topliss-reactive ketones (excluding diaryl/α,β-unsaturated/α-hetero) is 1. The van der Waals surface area contributed by atoms with Crippen LogP contribution in [-0.4, -0.2) is 62.5 Å². The minimum Gasteiger partial charge on any atom is -0.423 e. The molecule has 8 nitrogen and oxygen atoms in total. The van der Waals surface area contributed by atoms with Gasteiger partial charge in [0.25, 0.3) is 0 Å². The Hall–Kier alpha value is -2.62. The summed E-state index contributed by atoms with van der Waals surface area (Å²) < 4.78 is 22.1. The summed E-state index contributed by atoms with van der Waals surface area (Å²) in [6, 6.07) is 5.73. The molecule has 1 saturated heterocycles. The van der Waals surface area contributed by atoms with Gasteiger partial charge in [-0.3, -0.25) is 9.69 Å². The zero-order valence-corrected chi connectivity index (χ0v) is 20.9. The van der Waals surface area contributed by atoms with E-state index < -0.39 is 11.6 Å². The van der Waals surface area contributed by atoms with Gasteiger partial charge in [-0.15, -0.1) is 0 Å². The number of aliphatic hydroxyl groups excluding tert-OH is 1. The SMILES string of the molecule is CCN1c2cc3oc(=O)cc(C)c3cc2C(CN2CCC(C(=O)CO)CC2)=CC1(C)C.O=S=O. The number of rotatable bonds is 5. The summed E-state index contributed by atoms with van der Waals surface area (Å²) in [6.07, 6.45) is 3.95. The number of aliphatic hydroxyl groups is 1. The maximum Gasteiger partial charge on any atom is 0.336 e. The van der Waals surface area contributed by atoms with E-state index in [0.717, 1.165) is 55.7 Å². The van der Waals surface area contributed by atoms with Crippen molar-refractivity contribution in [1.82, 2.24) is 4.90 Å². The Morgan fingerprint density at radius 1 is 1.21 bits per heavy atom. The fraction of sp³-hybridized carbons (Fsp3) is 0.520. The van der Waals surface area contributed by atoms with Crippen molar-refractivity contribution in [2.45, 2.75) is 46.1 Å². The normalized spacial score (nSPS) is 18.0. The molecule has 0 amide bonds. The largest absolute Gasteiger partial charge is 0.423 e. The second-order valence-corrected chi connectivity index (χ2v) is 9.56. The van der Waals surface area contributed by atoms with Crippen LogP contribution in [0, 0.1) is 12.8 Å². The molecule has 0 saturated carbocycles. The lowest BCUT2D eigenvalue weighted by molar-refractivity contribution is -0.127. The molecule has 0 radical (unpaired) electrons. The molecule has 4 rings (SSSR count). The molecule has 1 aromatic carbocycles. The van der Waals surface area contributed by atoms with E-state index in [-0.39, 0.29) is 29.5 Å². The van der Waals surface area contributed by atoms with Crippen LogP contribution in [-0.2, 0) is 16.4 Å². The van der Waals surface area contributed by atoms with E-state index in [1.807, 2.05) is 13.0 Å². The number of ketones is 1. The highest BCUT2D eigenvalue weighted by Gasteiger charge is 2.33. The van der Waals surface area contributed by atoms with Gasteiger partial charge in [0.2, 0.25) is 0 Å². The summed E-state index contributed by atoms with van der Waals surface area (Å²) in [5.74, 6) is -0.0552. The van der Waals surface area contributed by atoms with Crippen LogP contribution in [0.3, 0.4) is 0 Å². The highest BCUT2D eigenvalue weighted by atomic mass is 32.1. The molecule has 1 fully saturated rings. The highest BCUT2D eigenvalue weighted by Crippen LogP contribution is 2.42. The van der Waals surface area contributed by atoms with Gasteiger partial charge in [-0.1, -0.05) is 6.08 Å². The number of hydrogen-bond acceptors (Lipinski definition) is 8. The van der Waals surface area contributed by atoms with Gasteiger partial charge in [-0.05, 0) is 70.8 Å². The lowest BCUT2D eigenvalue weighted by Gasteiger charge is -2.44. The molecular formula is C25H32N2O6S. The average Bonchev–Trinajstić information content (AvgIpc) is 2.78. The summed E-state index contributed by atoms with van der Waals surface area (Å²) in [5.41, 5.74) is 4.60. The Kier molecular flexibility index (Phi) is 8.22. The summed E-state index contributed by atoms with van der Waals surface area (Å²) in [5, 5.41) is 10.1. The van der Waals surface area contributed by atoms with Crippen LogP contribution in [0.1, 0.15) is 44.7 Å². The van der Waals surface area contributed by atoms with E-state index in [9.17, 15) is 9.59 Å². The Labute approximate surface area is 202 Å². The van der Waals surface area contributed by atoms with Gasteiger partial charge in [0.15, 0.2) is 5.78 Å². The molecule has 9 heteroatoms. The smallest absolute Gasteiger partial charge is 0.336 e. The van der Waals surface area contributed by atoms with Crippen molar-refractivity contribution in [2.75, 3.05) is 37.7 Å². The molecule has 3 heterocycles. The van der Waals surface area contributed by atoms with Crippen molar-refractivity contribution in [2.24, 2.45) is 5.92 Å². The fourth-order valence-corrected chi connectivity index (χ4v) is 5.22. The van der Waals surface area contributed by atoms with Gasteiger partial charge in [0.05, 0.1) is 5.54 Å². The number of anilines is 1. The summed E-state index contributed by atoms with van der Waals surface area (Å²) in [7, 11) is 0. The zero-order valence-electron chi connectivity index (χ0n) is 20.1. The molecular weight excluding hydrogens is 456 g/mol. The van der Waals surface area contributed by atoms with Crippen LogP contribution in [0.25, 0.3) is 16.5 Å². The zero-order chi connectivity index (χ0) is 25.0. The summed E-state index contributed by atoms with van der Waals surface area (Å²) >= 11 is -0.750. The first-order chi connectivity index (χ1) is 16.1. The third-order valence-corrected chi connectivity index (χ3v) is 6.84. The molecule has 184 valence electrons. The number of nitrogens with zero attached hydrogens (tertiary/aromatic N) is 2. The van der Waals surface area contributed by atoms with E-state index in [0.29, 0.717) is 5.58 Å². The van der Waals surface area contributed by atoms with E-state index in [4.69, 9.17) is 17.9 Å². The van der Waals surface area contributed by atoms with Crippen molar-refractivity contribution in [3.8, 4) is 0 Å². The topological polar surface area (TPSA) is 108 Å². The Balaban J connectivity index is 0.00000103. The molecule has 2 aliphatic rings. The first-order valence-electron chi connectivity index (χ1n) is 11.5. The molecule has 1 aromatic heterocycles. The number of hydrogen-bond donors (Lipinski definition) is 1. The maximum atomic E-state index is 11.9. The van der Waals surface area contributed by atoms with Crippen LogP contribution in [0.15, 0.2) is 33.5 Å². The molecule has 0 unspecified atom stereocenters. The lowest BCUT2D eigenvalue weighted by atomic mass is 9.86. The van der Waals surface area contributed by atoms with E-state index in [2.05, 4.69) is 42.7 Å². The Bertz CT molecular complexity index is 1190. The first kappa shape index (κ1) is 26.0. The van der Waals surface area contributed by atoms with Crippen molar-refractivity contribution in [3.05, 3.63) is 45.8 Å². The van der Waals surface area contributed by atoms with Crippen molar-refractivity contribution in [1.29, 1.82) is 0 Å². The number of carbonyl (C=O) groups excluding carboxylic acids is 1. The van der Waals surface area contributed by atoms with Gasteiger partial charge >= 0.3 is 17.2 Å². The molecule has 2 aliphatic heterocycles. The molecule has 0 bridgehead atoms. The number of likely N-dealkylation sites (N-methyl/N-ethyl adjacent to an activating group) is 1. The van der Waals surface area contributed by atoms with Crippen LogP contribution < -0.4 is 10.5 Å². The van der Waals surface area contributed by atoms with Gasteiger partial charge in [0, 0.05) is 47.8 Å². The molecule has 0 atom stereocenters. The van der Waals surface area contributed by atoms with Crippen molar-refractivity contribution in [3.63, 3.8) is 0 Å². The van der Waals surface area contributed by atoms with Crippen LogP contribution >= 0.6 is 0 Å². The third-order valence-electron chi connectivity index (χ3n) is 6.84. The van der Waals surface area contributed by atoms with Crippen molar-refractivity contribution >= 4 is 39.6 Å². The number of benzene rings is 1. The molecule has 34 heavy (non-hydrogen) atoms. The van der Waals surface area contributed by atoms with E-state index in [1.54, 1.807) is 6.07 Å². The lowest BCUT2D eigenvalue weighted by Crippen LogP contribution is -2.46. The number of likely N-dealkylation sites (tertiary alicyclic amines) is 1. The summed E-state index contributed by atoms with van der Waals surface area (Å²) in [4.78, 5) is 28.5. The summed E-state index contributed by atoms with van der Waals surface area (Å²) in [6.45, 7) is 11.5. The van der Waals surface area contributed by atoms with E-state index >= 15 is 0 Å². The predicted molar refractivity (Wildman–Crippen MR) is 132 cm³/mol. The standard InChI is InChI=1S/C25H32N2O4.O2S/c1-5-27-21-12-23-19(16(2)10-24(30)31-23)11-20(21)18(13-25(27,3)4)14-26-8-6-17(7-9-26)22(29)15-28;1-3-2/h10-13,17,28H,5-9,14-15H2,1-4H3;. The Morgan fingerprint density at radius 3 is 2.44 bits per heavy atom. The molecule has 0 spiro atoms. The predicted octanol–water partition coefficient (Wildman–Crippen LogP) is 2.71. The fourth-order valence-electron chi connectivity index (χ4n) is 5.22. The minimum atomic E-state index is -0.750. The minimum absolute atomic E-state index is 0.0182. The quantitative estimate of drug-likeness (QED) is 0.640. The molecule has 1 N–H and O–H groups in total. The number of piperidine rings is 1. The maximum absolute atomic E-state index is 11.9. The Morgan fingerprint density at radius 2 is 1.85 bits per heavy atom. The van der Waals surface area contributed by atoms with Gasteiger partial charge in [0.1, 0.15) is 12.2 Å². The first-order valence-corrected chi connectivity index (χ1v) is 12.2. The highest BCUT2D eigenvalue weighted by molar-refractivity contribution is 7.51. The second-order valence-electron chi connectivity index (χ2n) is 9.42. The van der Waals surface area contributed by atoms with Gasteiger partial charge < -0.3 is 14.4 Å². The van der Waals surface area contributed by atoms with Gasteiger partial charge in [-0.2, -0.15) is 8.42 Å². The van der Waals surface area contributed by atoms with E-state index in [1.165, 1.54) is 11.1 Å². The third kappa shape index (κ3) is 5.37. The molecule has 2 aromatic rings. The number of fused-ring (bicyclic) bond motifs is 2. The van der Waals surface area contributed by atoms with Gasteiger partial charge in [-0.25, -0.2) is 4.79 Å².